The van der Waals surface area contributed by atoms with Crippen LogP contribution in [0, 0.1) is 5.92 Å². The molecule has 0 spiro atoms. The van der Waals surface area contributed by atoms with Crippen LogP contribution in [0.1, 0.15) is 75.3 Å². The van der Waals surface area contributed by atoms with E-state index in [-0.39, 0.29) is 0 Å². The monoisotopic (exact) mass is 505 g/mol. The highest BCUT2D eigenvalue weighted by molar-refractivity contribution is 7.95. The number of rotatable bonds is 10. The molecule has 37 heavy (non-hydrogen) atoms. The zero-order chi connectivity index (χ0) is 25.3. The molecule has 1 fully saturated rings. The molecular formula is C36H42P+. The highest BCUT2D eigenvalue weighted by Crippen LogP contribution is 2.58. The van der Waals surface area contributed by atoms with Crippen LogP contribution in [0.25, 0.3) is 0 Å². The molecule has 4 aromatic rings. The minimum atomic E-state index is -1.84. The van der Waals surface area contributed by atoms with E-state index >= 15 is 0 Å². The Labute approximate surface area is 225 Å². The van der Waals surface area contributed by atoms with Gasteiger partial charge in [0.15, 0.2) is 0 Å². The lowest BCUT2D eigenvalue weighted by Crippen LogP contribution is -2.32. The largest absolute Gasteiger partial charge is 0.116 e. The smallest absolute Gasteiger partial charge is 0.0654 e. The maximum atomic E-state index is 2.45. The van der Waals surface area contributed by atoms with Crippen LogP contribution in [0.15, 0.2) is 115 Å². The lowest BCUT2D eigenvalue weighted by molar-refractivity contribution is 0.303. The zero-order valence-electron chi connectivity index (χ0n) is 22.4. The molecule has 0 atom stereocenters. The van der Waals surface area contributed by atoms with Crippen molar-refractivity contribution in [3.63, 3.8) is 0 Å². The third kappa shape index (κ3) is 6.08. The summed E-state index contributed by atoms with van der Waals surface area (Å²) in [6.45, 7) is 2.31. The summed E-state index contributed by atoms with van der Waals surface area (Å²) in [4.78, 5) is 0. The third-order valence-corrected chi connectivity index (χ3v) is 12.9. The van der Waals surface area contributed by atoms with Crippen LogP contribution in [-0.2, 0) is 6.16 Å². The lowest BCUT2D eigenvalue weighted by atomic mass is 9.77. The Kier molecular flexibility index (Phi) is 8.91. The summed E-state index contributed by atoms with van der Waals surface area (Å²) in [5.41, 5.74) is 3.00. The number of hydrogen-bond donors (Lipinski definition) is 0. The minimum absolute atomic E-state index is 0.744. The molecule has 1 heteroatoms. The van der Waals surface area contributed by atoms with Gasteiger partial charge in [0, 0.05) is 0 Å². The first-order valence-electron chi connectivity index (χ1n) is 14.4. The molecule has 0 N–H and O–H groups in total. The van der Waals surface area contributed by atoms with E-state index in [2.05, 4.69) is 122 Å². The van der Waals surface area contributed by atoms with Gasteiger partial charge in [0.2, 0.25) is 0 Å². The Morgan fingerprint density at radius 3 is 1.51 bits per heavy atom. The summed E-state index contributed by atoms with van der Waals surface area (Å²) >= 11 is 0. The van der Waals surface area contributed by atoms with Crippen LogP contribution < -0.4 is 15.9 Å². The summed E-state index contributed by atoms with van der Waals surface area (Å²) in [7, 11) is -1.84. The molecule has 5 rings (SSSR count). The average molecular weight is 506 g/mol. The molecule has 0 saturated heterocycles. The van der Waals surface area contributed by atoms with Crippen molar-refractivity contribution in [2.45, 2.75) is 70.4 Å². The number of unbranched alkanes of at least 4 members (excludes halogenated alkanes) is 2. The van der Waals surface area contributed by atoms with E-state index in [4.69, 9.17) is 0 Å². The van der Waals surface area contributed by atoms with Crippen molar-refractivity contribution < 1.29 is 0 Å². The molecule has 0 aliphatic heterocycles. The van der Waals surface area contributed by atoms with E-state index in [1.807, 2.05) is 0 Å². The molecule has 190 valence electrons. The van der Waals surface area contributed by atoms with Gasteiger partial charge in [0.25, 0.3) is 0 Å². The fraction of sp³-hybridized carbons (Fsp3) is 0.333. The predicted molar refractivity (Wildman–Crippen MR) is 164 cm³/mol. The number of benzene rings is 4. The van der Waals surface area contributed by atoms with Crippen molar-refractivity contribution >= 4 is 23.2 Å². The summed E-state index contributed by atoms with van der Waals surface area (Å²) in [6.07, 6.45) is 12.2. The van der Waals surface area contributed by atoms with E-state index < -0.39 is 7.26 Å². The Morgan fingerprint density at radius 2 is 1.05 bits per heavy atom. The summed E-state index contributed by atoms with van der Waals surface area (Å²) in [5, 5.41) is 4.37. The van der Waals surface area contributed by atoms with Crippen LogP contribution in [0.3, 0.4) is 0 Å². The summed E-state index contributed by atoms with van der Waals surface area (Å²) in [5.74, 6) is 1.71. The Balaban J connectivity index is 1.41. The van der Waals surface area contributed by atoms with Crippen LogP contribution in [0.2, 0.25) is 0 Å². The first kappa shape index (κ1) is 25.9. The summed E-state index contributed by atoms with van der Waals surface area (Å²) < 4.78 is 0. The van der Waals surface area contributed by atoms with Gasteiger partial charge in [0.05, 0.1) is 6.16 Å². The molecule has 0 nitrogen and oxygen atoms in total. The van der Waals surface area contributed by atoms with Crippen LogP contribution in [0.5, 0.6) is 0 Å². The highest BCUT2D eigenvalue weighted by Gasteiger charge is 2.45. The first-order chi connectivity index (χ1) is 18.3. The standard InChI is InChI=1S/C36H42P/c1-2-3-7-14-30-21-25-32(26-22-30)33-27-23-31(24-28-33)29-37(34-15-8-4-9-16-34,35-17-10-5-11-18-35)36-19-12-6-13-20-36/h4-6,8-13,15-20,23-24,27-28,30,32H,2-3,7,14,21-22,25-26,29H2,1H3/q+1. The van der Waals surface area contributed by atoms with E-state index in [1.54, 1.807) is 5.56 Å². The summed E-state index contributed by atoms with van der Waals surface area (Å²) in [6, 6.07) is 43.5. The fourth-order valence-corrected chi connectivity index (χ4v) is 10.6. The maximum Gasteiger partial charge on any atom is 0.116 e. The molecule has 1 aliphatic carbocycles. The fourth-order valence-electron chi connectivity index (χ4n) is 6.41. The van der Waals surface area contributed by atoms with E-state index in [0.29, 0.717) is 0 Å². The van der Waals surface area contributed by atoms with Gasteiger partial charge < -0.3 is 0 Å². The normalized spacial score (nSPS) is 18.0. The van der Waals surface area contributed by atoms with Gasteiger partial charge in [-0.25, -0.2) is 0 Å². The predicted octanol–water partition coefficient (Wildman–Crippen LogP) is 9.03. The Hall–Kier alpha value is -2.69. The van der Waals surface area contributed by atoms with Gasteiger partial charge >= 0.3 is 0 Å². The van der Waals surface area contributed by atoms with Crippen LogP contribution in [0.4, 0.5) is 0 Å². The molecule has 0 heterocycles. The van der Waals surface area contributed by atoms with Crippen LogP contribution in [-0.4, -0.2) is 0 Å². The van der Waals surface area contributed by atoms with Gasteiger partial charge in [-0.3, -0.25) is 0 Å². The van der Waals surface area contributed by atoms with Crippen molar-refractivity contribution in [3.8, 4) is 0 Å². The Morgan fingerprint density at radius 1 is 0.568 bits per heavy atom. The first-order valence-corrected chi connectivity index (χ1v) is 16.4. The van der Waals surface area contributed by atoms with Crippen molar-refractivity contribution in [2.75, 3.05) is 0 Å². The minimum Gasteiger partial charge on any atom is -0.0654 e. The average Bonchev–Trinajstić information content (AvgIpc) is 2.98. The van der Waals surface area contributed by atoms with E-state index in [1.165, 1.54) is 72.8 Å². The Bertz CT molecular complexity index is 1090. The SMILES string of the molecule is CCCCCC1CCC(c2ccc(C[P+](c3ccccc3)(c3ccccc3)c3ccccc3)cc2)CC1. The van der Waals surface area contributed by atoms with Crippen molar-refractivity contribution in [1.29, 1.82) is 0 Å². The molecule has 1 saturated carbocycles. The third-order valence-electron chi connectivity index (χ3n) is 8.52. The highest BCUT2D eigenvalue weighted by atomic mass is 31.2. The second kappa shape index (κ2) is 12.7. The van der Waals surface area contributed by atoms with Gasteiger partial charge in [-0.15, -0.1) is 0 Å². The molecule has 1 aliphatic rings. The molecular weight excluding hydrogens is 463 g/mol. The second-order valence-corrected chi connectivity index (χ2v) is 14.4. The maximum absolute atomic E-state index is 2.45. The van der Waals surface area contributed by atoms with E-state index in [0.717, 1.165) is 18.0 Å². The molecule has 4 aromatic carbocycles. The van der Waals surface area contributed by atoms with Crippen molar-refractivity contribution in [2.24, 2.45) is 5.92 Å². The second-order valence-electron chi connectivity index (χ2n) is 10.9. The molecule has 0 aromatic heterocycles. The molecule has 0 unspecified atom stereocenters. The van der Waals surface area contributed by atoms with Crippen molar-refractivity contribution in [1.82, 2.24) is 0 Å². The zero-order valence-corrected chi connectivity index (χ0v) is 23.3. The lowest BCUT2D eigenvalue weighted by Gasteiger charge is -2.29. The van der Waals surface area contributed by atoms with Gasteiger partial charge in [-0.05, 0) is 85.0 Å². The number of hydrogen-bond acceptors (Lipinski definition) is 0. The van der Waals surface area contributed by atoms with E-state index in [9.17, 15) is 0 Å². The molecule has 0 radical (unpaired) electrons. The van der Waals surface area contributed by atoms with Crippen LogP contribution >= 0.6 is 7.26 Å². The van der Waals surface area contributed by atoms with Crippen molar-refractivity contribution in [3.05, 3.63) is 126 Å². The topological polar surface area (TPSA) is 0 Å². The molecule has 0 bridgehead atoms. The van der Waals surface area contributed by atoms with Gasteiger partial charge in [-0.2, -0.15) is 0 Å². The quantitative estimate of drug-likeness (QED) is 0.149. The van der Waals surface area contributed by atoms with Gasteiger partial charge in [-0.1, -0.05) is 111 Å². The molecule has 0 amide bonds. The van der Waals surface area contributed by atoms with Gasteiger partial charge in [0.1, 0.15) is 23.2 Å².